The van der Waals surface area contributed by atoms with Gasteiger partial charge in [-0.1, -0.05) is 34.1 Å². The van der Waals surface area contributed by atoms with Crippen LogP contribution in [0.3, 0.4) is 0 Å². The lowest BCUT2D eigenvalue weighted by Crippen LogP contribution is -2.42. The summed E-state index contributed by atoms with van der Waals surface area (Å²) in [7, 11) is 2.45. The van der Waals surface area contributed by atoms with Crippen LogP contribution in [0.2, 0.25) is 0 Å². The Hall–Kier alpha value is -0.0400. The summed E-state index contributed by atoms with van der Waals surface area (Å²) in [6.45, 7) is 13.7. The van der Waals surface area contributed by atoms with Crippen molar-refractivity contribution in [3.63, 3.8) is 0 Å². The topological polar surface area (TPSA) is 0 Å². The smallest absolute Gasteiger partial charge is 0.0812 e. The highest BCUT2D eigenvalue weighted by Crippen LogP contribution is 2.25. The van der Waals surface area contributed by atoms with E-state index in [-0.39, 0.29) is 0 Å². The third-order valence-corrected chi connectivity index (χ3v) is 4.04. The predicted molar refractivity (Wildman–Crippen MR) is 72.5 cm³/mol. The van der Waals surface area contributed by atoms with Gasteiger partial charge < -0.3 is 4.48 Å². The van der Waals surface area contributed by atoms with Crippen molar-refractivity contribution in [1.82, 2.24) is 0 Å². The van der Waals surface area contributed by atoms with Gasteiger partial charge in [0.1, 0.15) is 0 Å². The van der Waals surface area contributed by atoms with Crippen molar-refractivity contribution in [2.45, 2.75) is 59.8 Å². The Labute approximate surface area is 103 Å². The van der Waals surface area contributed by atoms with E-state index in [1.54, 1.807) is 0 Å². The minimum absolute atomic E-state index is 0.528. The molecule has 0 saturated carbocycles. The molecule has 2 atom stereocenters. The van der Waals surface area contributed by atoms with Gasteiger partial charge in [-0.2, -0.15) is 0 Å². The second-order valence-electron chi connectivity index (χ2n) is 7.51. The molecule has 96 valence electrons. The summed E-state index contributed by atoms with van der Waals surface area (Å²) in [4.78, 5) is 0. The number of likely N-dealkylation sites (tertiary alicyclic amines) is 1. The molecule has 0 spiro atoms. The Kier molecular flexibility index (Phi) is 4.85. The molecule has 0 N–H and O–H groups in total. The van der Waals surface area contributed by atoms with E-state index in [0.29, 0.717) is 5.41 Å². The van der Waals surface area contributed by atoms with Crippen molar-refractivity contribution < 1.29 is 4.48 Å². The highest BCUT2D eigenvalue weighted by molar-refractivity contribution is 4.63. The fourth-order valence-electron chi connectivity index (χ4n) is 3.00. The molecule has 1 fully saturated rings. The minimum atomic E-state index is 0.528. The molecule has 0 aromatic carbocycles. The van der Waals surface area contributed by atoms with Crippen molar-refractivity contribution in [1.29, 1.82) is 0 Å². The fraction of sp³-hybridized carbons (Fsp3) is 1.00. The Morgan fingerprint density at radius 3 is 2.31 bits per heavy atom. The second-order valence-corrected chi connectivity index (χ2v) is 7.51. The second kappa shape index (κ2) is 5.53. The molecule has 1 saturated heterocycles. The molecule has 1 nitrogen and oxygen atoms in total. The van der Waals surface area contributed by atoms with Crippen molar-refractivity contribution in [3.8, 4) is 0 Å². The zero-order valence-electron chi connectivity index (χ0n) is 12.2. The van der Waals surface area contributed by atoms with Gasteiger partial charge >= 0.3 is 0 Å². The Bertz CT molecular complexity index is 204. The molecule has 1 aliphatic rings. The van der Waals surface area contributed by atoms with E-state index < -0.39 is 0 Å². The van der Waals surface area contributed by atoms with Gasteiger partial charge in [0.15, 0.2) is 0 Å². The van der Waals surface area contributed by atoms with Gasteiger partial charge in [0.2, 0.25) is 0 Å². The van der Waals surface area contributed by atoms with Gasteiger partial charge in [0, 0.05) is 12.3 Å². The van der Waals surface area contributed by atoms with Crippen LogP contribution in [0.5, 0.6) is 0 Å². The lowest BCUT2D eigenvalue weighted by molar-refractivity contribution is -0.899. The van der Waals surface area contributed by atoms with E-state index in [9.17, 15) is 0 Å². The maximum Gasteiger partial charge on any atom is 0.0812 e. The summed E-state index contributed by atoms with van der Waals surface area (Å²) in [6.07, 6.45) is 7.10. The van der Waals surface area contributed by atoms with Gasteiger partial charge in [-0.05, 0) is 24.7 Å². The van der Waals surface area contributed by atoms with Gasteiger partial charge in [-0.3, -0.25) is 0 Å². The normalized spacial score (nSPS) is 30.9. The molecule has 0 radical (unpaired) electrons. The average molecular weight is 226 g/mol. The van der Waals surface area contributed by atoms with Crippen LogP contribution >= 0.6 is 0 Å². The molecule has 2 unspecified atom stereocenters. The summed E-state index contributed by atoms with van der Waals surface area (Å²) in [6, 6.07) is 0. The standard InChI is InChI=1S/C15H32N/c1-14-9-12-16(5,13-14)11-8-6-7-10-15(2,3)4/h14H,6-13H2,1-5H3/q+1. The van der Waals surface area contributed by atoms with Crippen molar-refractivity contribution in [2.24, 2.45) is 11.3 Å². The lowest BCUT2D eigenvalue weighted by Gasteiger charge is -2.29. The monoisotopic (exact) mass is 226 g/mol. The molecular formula is C15H32N+. The zero-order chi connectivity index (χ0) is 12.2. The molecule has 0 amide bonds. The zero-order valence-corrected chi connectivity index (χ0v) is 12.2. The van der Waals surface area contributed by atoms with Crippen LogP contribution in [0.15, 0.2) is 0 Å². The van der Waals surface area contributed by atoms with E-state index in [1.165, 1.54) is 56.2 Å². The van der Waals surface area contributed by atoms with E-state index in [4.69, 9.17) is 0 Å². The molecule has 0 bridgehead atoms. The number of rotatable bonds is 5. The van der Waals surface area contributed by atoms with Crippen LogP contribution in [-0.4, -0.2) is 31.2 Å². The summed E-state index contributed by atoms with van der Waals surface area (Å²) < 4.78 is 1.34. The maximum atomic E-state index is 2.45. The third-order valence-electron chi connectivity index (χ3n) is 4.04. The molecule has 1 heterocycles. The molecule has 0 aliphatic carbocycles. The van der Waals surface area contributed by atoms with Crippen LogP contribution in [0.25, 0.3) is 0 Å². The van der Waals surface area contributed by atoms with Gasteiger partial charge in [0.25, 0.3) is 0 Å². The first-order valence-electron chi connectivity index (χ1n) is 7.14. The molecule has 16 heavy (non-hydrogen) atoms. The van der Waals surface area contributed by atoms with Crippen LogP contribution in [-0.2, 0) is 0 Å². The molecule has 0 aromatic rings. The van der Waals surface area contributed by atoms with E-state index >= 15 is 0 Å². The predicted octanol–water partition coefficient (Wildman–Crippen LogP) is 4.08. The van der Waals surface area contributed by atoms with Crippen LogP contribution in [0, 0.1) is 11.3 Å². The van der Waals surface area contributed by atoms with E-state index in [0.717, 1.165) is 5.92 Å². The lowest BCUT2D eigenvalue weighted by atomic mass is 9.89. The van der Waals surface area contributed by atoms with Crippen molar-refractivity contribution >= 4 is 0 Å². The molecule has 0 aromatic heterocycles. The van der Waals surface area contributed by atoms with Gasteiger partial charge in [-0.15, -0.1) is 0 Å². The Morgan fingerprint density at radius 2 is 1.81 bits per heavy atom. The van der Waals surface area contributed by atoms with Gasteiger partial charge in [0.05, 0.1) is 26.7 Å². The first kappa shape index (κ1) is 14.0. The Morgan fingerprint density at radius 1 is 1.12 bits per heavy atom. The summed E-state index contributed by atoms with van der Waals surface area (Å²) in [5, 5.41) is 0. The number of unbranched alkanes of at least 4 members (excludes halogenated alkanes) is 2. The Balaban J connectivity index is 2.07. The number of quaternary nitrogens is 1. The fourth-order valence-corrected chi connectivity index (χ4v) is 3.00. The summed E-state index contributed by atoms with van der Waals surface area (Å²) >= 11 is 0. The quantitative estimate of drug-likeness (QED) is 0.489. The highest BCUT2D eigenvalue weighted by atomic mass is 15.3. The average Bonchev–Trinajstić information content (AvgIpc) is 2.44. The van der Waals surface area contributed by atoms with Crippen molar-refractivity contribution in [3.05, 3.63) is 0 Å². The minimum Gasteiger partial charge on any atom is -0.326 e. The molecule has 1 rings (SSSR count). The highest BCUT2D eigenvalue weighted by Gasteiger charge is 2.31. The van der Waals surface area contributed by atoms with Gasteiger partial charge in [-0.25, -0.2) is 0 Å². The van der Waals surface area contributed by atoms with Crippen LogP contribution in [0.1, 0.15) is 59.8 Å². The number of hydrogen-bond acceptors (Lipinski definition) is 0. The van der Waals surface area contributed by atoms with Crippen molar-refractivity contribution in [2.75, 3.05) is 26.7 Å². The van der Waals surface area contributed by atoms with Crippen LogP contribution in [0.4, 0.5) is 0 Å². The van der Waals surface area contributed by atoms with E-state index in [1.807, 2.05) is 0 Å². The third kappa shape index (κ3) is 5.34. The SMILES string of the molecule is CC1CC[N+](C)(CCCCCC(C)(C)C)C1. The molecule has 1 aliphatic heterocycles. The first-order valence-corrected chi connectivity index (χ1v) is 7.14. The molecule has 1 heteroatoms. The first-order chi connectivity index (χ1) is 7.31. The summed E-state index contributed by atoms with van der Waals surface area (Å²) in [5.41, 5.74) is 0.528. The van der Waals surface area contributed by atoms with Crippen LogP contribution < -0.4 is 0 Å². The largest absolute Gasteiger partial charge is 0.326 e. The molecular weight excluding hydrogens is 194 g/mol. The summed E-state index contributed by atoms with van der Waals surface area (Å²) in [5.74, 6) is 0.958. The van der Waals surface area contributed by atoms with E-state index in [2.05, 4.69) is 34.7 Å². The number of hydrogen-bond donors (Lipinski definition) is 0. The number of nitrogens with zero attached hydrogens (tertiary/aromatic N) is 1. The maximum absolute atomic E-state index is 2.45.